The van der Waals surface area contributed by atoms with Gasteiger partial charge in [0.1, 0.15) is 19.8 Å². The summed E-state index contributed by atoms with van der Waals surface area (Å²) in [5.74, 6) is -1.14. The lowest BCUT2D eigenvalue weighted by atomic mass is 10.0. The second kappa shape index (κ2) is 41.6. The van der Waals surface area contributed by atoms with Crippen LogP contribution in [0.2, 0.25) is 0 Å². The lowest BCUT2D eigenvalue weighted by Gasteiger charge is -2.24. The number of ether oxygens (including phenoxy) is 2. The maximum Gasteiger partial charge on any atom is 0.472 e. The summed E-state index contributed by atoms with van der Waals surface area (Å²) >= 11 is 0. The van der Waals surface area contributed by atoms with Crippen LogP contribution in [0.15, 0.2) is 48.6 Å². The van der Waals surface area contributed by atoms with Crippen LogP contribution in [-0.4, -0.2) is 80.7 Å². The Balaban J connectivity index is 4.45. The number of rotatable bonds is 44. The van der Waals surface area contributed by atoms with Crippen molar-refractivity contribution in [1.82, 2.24) is 0 Å². The third-order valence-corrected chi connectivity index (χ3v) is 11.3. The predicted octanol–water partition coefficient (Wildman–Crippen LogP) is 13.4. The number of quaternary nitrogens is 1. The Morgan fingerprint density at radius 3 is 1.61 bits per heavy atom. The zero-order valence-corrected chi connectivity index (χ0v) is 40.5. The molecule has 0 amide bonds. The molecule has 10 nitrogen and oxygen atoms in total. The number of ketones is 1. The number of hydrogen-bond acceptors (Lipinski definition) is 8. The number of esters is 2. The minimum absolute atomic E-state index is 0.000796. The monoisotopic (exact) mass is 881 g/mol. The quantitative estimate of drug-likeness (QED) is 0.0121. The fraction of sp³-hybridized carbons (Fsp3) is 0.780. The summed E-state index contributed by atoms with van der Waals surface area (Å²) < 4.78 is 34.2. The first-order chi connectivity index (χ1) is 29.4. The molecule has 0 spiro atoms. The van der Waals surface area contributed by atoms with Gasteiger partial charge in [-0.25, -0.2) is 4.57 Å². The van der Waals surface area contributed by atoms with E-state index in [0.717, 1.165) is 38.5 Å². The summed E-state index contributed by atoms with van der Waals surface area (Å²) in [7, 11) is 1.35. The number of hydrogen-bond donors (Lipinski definition) is 1. The van der Waals surface area contributed by atoms with Crippen LogP contribution >= 0.6 is 7.82 Å². The van der Waals surface area contributed by atoms with Crippen molar-refractivity contribution in [1.29, 1.82) is 0 Å². The third-order valence-electron chi connectivity index (χ3n) is 10.3. The number of likely N-dealkylation sites (N-methyl/N-ethyl adjacent to an activating group) is 1. The van der Waals surface area contributed by atoms with Crippen molar-refractivity contribution in [2.45, 2.75) is 206 Å². The van der Waals surface area contributed by atoms with Crippen LogP contribution in [0.5, 0.6) is 0 Å². The summed E-state index contributed by atoms with van der Waals surface area (Å²) in [4.78, 5) is 47.7. The lowest BCUT2D eigenvalue weighted by Crippen LogP contribution is -2.37. The van der Waals surface area contributed by atoms with E-state index >= 15 is 0 Å². The highest BCUT2D eigenvalue weighted by Gasteiger charge is 2.27. The van der Waals surface area contributed by atoms with E-state index in [1.165, 1.54) is 122 Å². The smallest absolute Gasteiger partial charge is 0.462 e. The minimum atomic E-state index is -4.43. The molecule has 0 saturated carbocycles. The van der Waals surface area contributed by atoms with E-state index in [1.807, 2.05) is 33.3 Å². The van der Waals surface area contributed by atoms with Gasteiger partial charge in [0.15, 0.2) is 11.9 Å². The zero-order chi connectivity index (χ0) is 45.1. The Hall–Kier alpha value is -2.36. The molecule has 0 aromatic heterocycles. The molecule has 2 atom stereocenters. The highest BCUT2D eigenvalue weighted by atomic mass is 31.2. The van der Waals surface area contributed by atoms with Crippen molar-refractivity contribution in [3.05, 3.63) is 48.6 Å². The molecule has 354 valence electrons. The zero-order valence-electron chi connectivity index (χ0n) is 39.6. The Labute approximate surface area is 373 Å². The van der Waals surface area contributed by atoms with Crippen LogP contribution in [0.25, 0.3) is 0 Å². The number of allylic oxidation sites excluding steroid dienone is 8. The molecule has 1 unspecified atom stereocenters. The first-order valence-corrected chi connectivity index (χ1v) is 25.8. The summed E-state index contributed by atoms with van der Waals surface area (Å²) in [6.07, 6.45) is 45.9. The van der Waals surface area contributed by atoms with E-state index in [2.05, 4.69) is 38.2 Å². The van der Waals surface area contributed by atoms with Crippen molar-refractivity contribution in [3.8, 4) is 0 Å². The molecule has 0 aromatic carbocycles. The Bertz CT molecular complexity index is 1240. The van der Waals surface area contributed by atoms with E-state index in [-0.39, 0.29) is 38.3 Å². The highest BCUT2D eigenvalue weighted by molar-refractivity contribution is 7.47. The van der Waals surface area contributed by atoms with Gasteiger partial charge >= 0.3 is 19.8 Å². The minimum Gasteiger partial charge on any atom is -0.462 e. The van der Waals surface area contributed by atoms with Crippen LogP contribution < -0.4 is 0 Å². The molecular formula is C50H91NO9P+. The average Bonchev–Trinajstić information content (AvgIpc) is 3.21. The van der Waals surface area contributed by atoms with Gasteiger partial charge in [-0.05, 0) is 44.6 Å². The van der Waals surface area contributed by atoms with Crippen molar-refractivity contribution in [2.24, 2.45) is 0 Å². The normalized spacial score (nSPS) is 13.8. The van der Waals surface area contributed by atoms with Gasteiger partial charge in [0.25, 0.3) is 0 Å². The van der Waals surface area contributed by atoms with E-state index in [0.29, 0.717) is 23.9 Å². The van der Waals surface area contributed by atoms with Crippen molar-refractivity contribution in [3.63, 3.8) is 0 Å². The fourth-order valence-electron chi connectivity index (χ4n) is 6.50. The molecule has 0 fully saturated rings. The van der Waals surface area contributed by atoms with Crippen LogP contribution in [0, 0.1) is 0 Å². The maximum atomic E-state index is 12.7. The van der Waals surface area contributed by atoms with E-state index in [1.54, 1.807) is 6.08 Å². The molecule has 61 heavy (non-hydrogen) atoms. The van der Waals surface area contributed by atoms with E-state index < -0.39 is 32.5 Å². The molecule has 1 N–H and O–H groups in total. The summed E-state index contributed by atoms with van der Waals surface area (Å²) in [5.41, 5.74) is 0. The molecule has 11 heteroatoms. The van der Waals surface area contributed by atoms with Crippen LogP contribution in [-0.2, 0) is 37.5 Å². The molecule has 0 radical (unpaired) electrons. The highest BCUT2D eigenvalue weighted by Crippen LogP contribution is 2.43. The van der Waals surface area contributed by atoms with Crippen LogP contribution in [0.4, 0.5) is 0 Å². The fourth-order valence-corrected chi connectivity index (χ4v) is 7.24. The molecule has 0 aliphatic heterocycles. The molecule has 0 aromatic rings. The predicted molar refractivity (Wildman–Crippen MR) is 252 cm³/mol. The molecular weight excluding hydrogens is 790 g/mol. The van der Waals surface area contributed by atoms with Crippen molar-refractivity contribution < 1.29 is 46.8 Å². The summed E-state index contributed by atoms with van der Waals surface area (Å²) in [6.45, 7) is 4.14. The first kappa shape index (κ1) is 58.6. The third kappa shape index (κ3) is 45.5. The maximum absolute atomic E-state index is 12.7. The average molecular weight is 881 g/mol. The van der Waals surface area contributed by atoms with Gasteiger partial charge in [-0.15, -0.1) is 0 Å². The number of phosphoric ester groups is 1. The number of phosphoric acid groups is 1. The largest absolute Gasteiger partial charge is 0.472 e. The van der Waals surface area contributed by atoms with E-state index in [9.17, 15) is 23.8 Å². The van der Waals surface area contributed by atoms with Gasteiger partial charge in [0.2, 0.25) is 0 Å². The summed E-state index contributed by atoms with van der Waals surface area (Å²) in [5, 5.41) is 0. The van der Waals surface area contributed by atoms with Gasteiger partial charge in [0.05, 0.1) is 27.7 Å². The molecule has 0 rings (SSSR count). The molecule has 0 aliphatic carbocycles. The van der Waals surface area contributed by atoms with Crippen LogP contribution in [0.1, 0.15) is 200 Å². The Morgan fingerprint density at radius 2 is 1.05 bits per heavy atom. The van der Waals surface area contributed by atoms with Gasteiger partial charge in [-0.3, -0.25) is 23.4 Å². The number of carbonyl (C=O) groups is 3. The second-order valence-corrected chi connectivity index (χ2v) is 19.0. The van der Waals surface area contributed by atoms with Gasteiger partial charge in [0, 0.05) is 19.3 Å². The number of carbonyl (C=O) groups excluding carboxylic acids is 3. The molecule has 0 bridgehead atoms. The molecule has 0 saturated heterocycles. The SMILES string of the molecule is CCCCC/C=C\C/C=C\C/C=C\C=C\C(=O)CCCC(=O)OC[C@H](COP(=O)(O)OCC[N+](C)(C)C)OC(=O)CCCCCCCCCCCCCCCCCCCCC. The van der Waals surface area contributed by atoms with Gasteiger partial charge in [-0.2, -0.15) is 0 Å². The molecule has 0 heterocycles. The topological polar surface area (TPSA) is 125 Å². The lowest BCUT2D eigenvalue weighted by molar-refractivity contribution is -0.870. The van der Waals surface area contributed by atoms with E-state index in [4.69, 9.17) is 18.5 Å². The number of nitrogens with zero attached hydrogens (tertiary/aromatic N) is 1. The standard InChI is InChI=1S/C50H90NO9P/c1-6-8-10-12-14-16-18-20-21-22-23-24-25-27-29-31-33-35-37-41-50(54)60-48(46-59-61(55,56)58-44-43-51(3,4)5)45-57-49(53)42-38-40-47(52)39-36-34-32-30-28-26-19-17-15-13-11-9-7-2/h15,17,26,28,32,34,36,39,48H,6-14,16,18-25,27,29-31,33,35,37-38,40-46H2,1-5H3/p+1/b17-15-,28-26-,34-32-,39-36+/t48-/m1/s1. The van der Waals surface area contributed by atoms with Crippen molar-refractivity contribution in [2.75, 3.05) is 47.5 Å². The van der Waals surface area contributed by atoms with Crippen molar-refractivity contribution >= 4 is 25.5 Å². The van der Waals surface area contributed by atoms with Crippen LogP contribution in [0.3, 0.4) is 0 Å². The van der Waals surface area contributed by atoms with Gasteiger partial charge < -0.3 is 18.9 Å². The first-order valence-electron chi connectivity index (χ1n) is 24.3. The second-order valence-electron chi connectivity index (χ2n) is 17.5. The number of unbranched alkanes of at least 4 members (excludes halogenated alkanes) is 21. The Kier molecular flexibility index (Phi) is 40.0. The summed E-state index contributed by atoms with van der Waals surface area (Å²) in [6, 6.07) is 0. The van der Waals surface area contributed by atoms with Gasteiger partial charge in [-0.1, -0.05) is 185 Å². The molecule has 0 aliphatic rings. The Morgan fingerprint density at radius 1 is 0.557 bits per heavy atom.